The van der Waals surface area contributed by atoms with Gasteiger partial charge in [0.1, 0.15) is 0 Å². The lowest BCUT2D eigenvalue weighted by Crippen LogP contribution is -1.97. The lowest BCUT2D eigenvalue weighted by Gasteiger charge is -2.07. The van der Waals surface area contributed by atoms with Crippen LogP contribution in [0.25, 0.3) is 11.1 Å². The summed E-state index contributed by atoms with van der Waals surface area (Å²) in [5.41, 5.74) is 10.1. The van der Waals surface area contributed by atoms with Gasteiger partial charge in [-0.3, -0.25) is 0 Å². The van der Waals surface area contributed by atoms with Crippen molar-refractivity contribution in [2.45, 2.75) is 13.0 Å². The van der Waals surface area contributed by atoms with E-state index in [2.05, 4.69) is 30.3 Å². The second kappa shape index (κ2) is 6.71. The molecule has 3 heteroatoms. The van der Waals surface area contributed by atoms with Crippen LogP contribution in [0.2, 0.25) is 5.02 Å². The van der Waals surface area contributed by atoms with E-state index in [0.29, 0.717) is 6.54 Å². The lowest BCUT2D eigenvalue weighted by atomic mass is 10.0. The topological polar surface area (TPSA) is 35.2 Å². The minimum absolute atomic E-state index is 0.467. The predicted octanol–water partition coefficient (Wildman–Crippen LogP) is 3.65. The molecule has 2 nitrogen and oxygen atoms in total. The minimum atomic E-state index is 0.467. The van der Waals surface area contributed by atoms with E-state index < -0.39 is 0 Å². The Morgan fingerprint density at radius 2 is 1.74 bits per heavy atom. The molecular formula is C16H18ClNO. The van der Waals surface area contributed by atoms with E-state index in [1.165, 1.54) is 5.56 Å². The second-order valence-corrected chi connectivity index (χ2v) is 4.86. The zero-order chi connectivity index (χ0) is 13.7. The Morgan fingerprint density at radius 3 is 2.32 bits per heavy atom. The Hall–Kier alpha value is -1.35. The first-order valence-electron chi connectivity index (χ1n) is 6.31. The minimum Gasteiger partial charge on any atom is -0.384 e. The molecule has 2 rings (SSSR count). The van der Waals surface area contributed by atoms with Crippen molar-refractivity contribution in [3.63, 3.8) is 0 Å². The van der Waals surface area contributed by atoms with Gasteiger partial charge < -0.3 is 10.5 Å². The van der Waals surface area contributed by atoms with Gasteiger partial charge in [-0.15, -0.1) is 0 Å². The predicted molar refractivity (Wildman–Crippen MR) is 80.4 cm³/mol. The first-order chi connectivity index (χ1) is 9.24. The van der Waals surface area contributed by atoms with E-state index in [0.717, 1.165) is 34.7 Å². The van der Waals surface area contributed by atoms with Crippen molar-refractivity contribution in [3.8, 4) is 11.1 Å². The number of ether oxygens (including phenoxy) is 1. The highest BCUT2D eigenvalue weighted by atomic mass is 35.5. The van der Waals surface area contributed by atoms with E-state index >= 15 is 0 Å². The van der Waals surface area contributed by atoms with E-state index in [1.54, 1.807) is 7.11 Å². The first-order valence-corrected chi connectivity index (χ1v) is 6.69. The van der Waals surface area contributed by atoms with E-state index in [4.69, 9.17) is 22.1 Å². The van der Waals surface area contributed by atoms with Crippen molar-refractivity contribution in [1.82, 2.24) is 0 Å². The largest absolute Gasteiger partial charge is 0.384 e. The molecular weight excluding hydrogens is 258 g/mol. The van der Waals surface area contributed by atoms with E-state index in [1.807, 2.05) is 12.1 Å². The summed E-state index contributed by atoms with van der Waals surface area (Å²) in [4.78, 5) is 0. The van der Waals surface area contributed by atoms with Crippen molar-refractivity contribution >= 4 is 11.6 Å². The van der Waals surface area contributed by atoms with Crippen molar-refractivity contribution in [2.75, 3.05) is 13.7 Å². The summed E-state index contributed by atoms with van der Waals surface area (Å²) in [6.07, 6.45) is 0.934. The molecule has 0 aromatic heterocycles. The van der Waals surface area contributed by atoms with E-state index in [-0.39, 0.29) is 0 Å². The second-order valence-electron chi connectivity index (χ2n) is 4.45. The van der Waals surface area contributed by atoms with Crippen molar-refractivity contribution in [3.05, 3.63) is 58.6 Å². The average molecular weight is 276 g/mol. The summed E-state index contributed by atoms with van der Waals surface area (Å²) >= 11 is 6.18. The van der Waals surface area contributed by atoms with Crippen LogP contribution in [0.15, 0.2) is 42.5 Å². The number of halogens is 1. The molecule has 2 N–H and O–H groups in total. The zero-order valence-corrected chi connectivity index (χ0v) is 11.8. The molecule has 0 heterocycles. The van der Waals surface area contributed by atoms with Gasteiger partial charge in [-0.2, -0.15) is 0 Å². The molecule has 0 fully saturated rings. The lowest BCUT2D eigenvalue weighted by molar-refractivity contribution is 0.202. The number of hydrogen-bond acceptors (Lipinski definition) is 2. The molecule has 0 saturated carbocycles. The molecule has 0 saturated heterocycles. The normalized spacial score (nSPS) is 10.7. The van der Waals surface area contributed by atoms with Gasteiger partial charge >= 0.3 is 0 Å². The average Bonchev–Trinajstić information content (AvgIpc) is 2.45. The van der Waals surface area contributed by atoms with Crippen LogP contribution in [0.3, 0.4) is 0 Å². The smallest absolute Gasteiger partial charge is 0.0502 e. The third-order valence-corrected chi connectivity index (χ3v) is 3.51. The van der Waals surface area contributed by atoms with Crippen LogP contribution in [0.4, 0.5) is 0 Å². The molecule has 0 radical (unpaired) electrons. The summed E-state index contributed by atoms with van der Waals surface area (Å²) in [7, 11) is 1.72. The number of hydrogen-bond donors (Lipinski definition) is 1. The standard InChI is InChI=1S/C16H18ClNO/c1-19-9-8-12-2-4-13(5-3-12)14-6-7-15(11-18)16(17)10-14/h2-7,10H,8-9,11,18H2,1H3. The summed E-state index contributed by atoms with van der Waals surface area (Å²) < 4.78 is 5.07. The summed E-state index contributed by atoms with van der Waals surface area (Å²) in [5.74, 6) is 0. The SMILES string of the molecule is COCCc1ccc(-c2ccc(CN)c(Cl)c2)cc1. The Balaban J connectivity index is 2.19. The first kappa shape index (κ1) is 14.1. The molecule has 0 atom stereocenters. The van der Waals surface area contributed by atoms with Gasteiger partial charge in [-0.1, -0.05) is 48.0 Å². The summed E-state index contributed by atoms with van der Waals surface area (Å²) in [6.45, 7) is 1.21. The van der Waals surface area contributed by atoms with Crippen LogP contribution >= 0.6 is 11.6 Å². The maximum Gasteiger partial charge on any atom is 0.0502 e. The van der Waals surface area contributed by atoms with Gasteiger partial charge in [0.15, 0.2) is 0 Å². The summed E-state index contributed by atoms with van der Waals surface area (Å²) in [6, 6.07) is 14.5. The maximum absolute atomic E-state index is 6.18. The Kier molecular flexibility index (Phi) is 4.97. The van der Waals surface area contributed by atoms with Crippen LogP contribution in [0.1, 0.15) is 11.1 Å². The van der Waals surface area contributed by atoms with Crippen molar-refractivity contribution in [2.24, 2.45) is 5.73 Å². The fourth-order valence-corrected chi connectivity index (χ4v) is 2.23. The maximum atomic E-state index is 6.18. The molecule has 0 aliphatic carbocycles. The number of nitrogens with two attached hydrogens (primary N) is 1. The van der Waals surface area contributed by atoms with Gasteiger partial charge in [0, 0.05) is 18.7 Å². The monoisotopic (exact) mass is 275 g/mol. The van der Waals surface area contributed by atoms with Gasteiger partial charge in [0.05, 0.1) is 6.61 Å². The van der Waals surface area contributed by atoms with Crippen LogP contribution in [0.5, 0.6) is 0 Å². The van der Waals surface area contributed by atoms with Crippen LogP contribution in [0, 0.1) is 0 Å². The molecule has 0 aliphatic rings. The molecule has 0 unspecified atom stereocenters. The fraction of sp³-hybridized carbons (Fsp3) is 0.250. The highest BCUT2D eigenvalue weighted by Gasteiger charge is 2.03. The third kappa shape index (κ3) is 3.57. The highest BCUT2D eigenvalue weighted by molar-refractivity contribution is 6.31. The van der Waals surface area contributed by atoms with E-state index in [9.17, 15) is 0 Å². The van der Waals surface area contributed by atoms with Gasteiger partial charge in [-0.05, 0) is 34.7 Å². The molecule has 2 aromatic rings. The Labute approximate surface area is 119 Å². The molecule has 0 bridgehead atoms. The third-order valence-electron chi connectivity index (χ3n) is 3.16. The molecule has 0 amide bonds. The molecule has 100 valence electrons. The van der Waals surface area contributed by atoms with Gasteiger partial charge in [-0.25, -0.2) is 0 Å². The summed E-state index contributed by atoms with van der Waals surface area (Å²) in [5, 5.41) is 0.725. The Morgan fingerprint density at radius 1 is 1.05 bits per heavy atom. The number of benzene rings is 2. The number of methoxy groups -OCH3 is 1. The highest BCUT2D eigenvalue weighted by Crippen LogP contribution is 2.25. The fourth-order valence-electron chi connectivity index (χ4n) is 1.98. The van der Waals surface area contributed by atoms with Crippen molar-refractivity contribution in [1.29, 1.82) is 0 Å². The molecule has 0 aliphatic heterocycles. The Bertz CT molecular complexity index is 537. The molecule has 0 spiro atoms. The van der Waals surface area contributed by atoms with Gasteiger partial charge in [0.25, 0.3) is 0 Å². The zero-order valence-electron chi connectivity index (χ0n) is 11.0. The van der Waals surface area contributed by atoms with Crippen LogP contribution < -0.4 is 5.73 Å². The quantitative estimate of drug-likeness (QED) is 0.904. The van der Waals surface area contributed by atoms with Crippen LogP contribution in [-0.2, 0) is 17.7 Å². The van der Waals surface area contributed by atoms with Gasteiger partial charge in [0.2, 0.25) is 0 Å². The van der Waals surface area contributed by atoms with Crippen LogP contribution in [-0.4, -0.2) is 13.7 Å². The van der Waals surface area contributed by atoms with Crippen molar-refractivity contribution < 1.29 is 4.74 Å². The molecule has 19 heavy (non-hydrogen) atoms. The molecule has 2 aromatic carbocycles. The number of rotatable bonds is 5.